The first-order chi connectivity index (χ1) is 7.86. The van der Waals surface area contributed by atoms with Crippen molar-refractivity contribution >= 4 is 0 Å². The SMILES string of the molecule is Cn1ncnc1CNCCCOCC1CC1. The minimum atomic E-state index is 0.777. The van der Waals surface area contributed by atoms with E-state index in [1.165, 1.54) is 12.8 Å². The van der Waals surface area contributed by atoms with Crippen molar-refractivity contribution in [1.82, 2.24) is 20.1 Å². The van der Waals surface area contributed by atoms with E-state index < -0.39 is 0 Å². The molecule has 1 aliphatic carbocycles. The van der Waals surface area contributed by atoms with E-state index in [-0.39, 0.29) is 0 Å². The van der Waals surface area contributed by atoms with Crippen molar-refractivity contribution in [2.45, 2.75) is 25.8 Å². The maximum absolute atomic E-state index is 5.55. The summed E-state index contributed by atoms with van der Waals surface area (Å²) in [5.41, 5.74) is 0. The van der Waals surface area contributed by atoms with Gasteiger partial charge in [-0.25, -0.2) is 4.98 Å². The second kappa shape index (κ2) is 5.96. The second-order valence-electron chi connectivity index (χ2n) is 4.35. The van der Waals surface area contributed by atoms with Crippen LogP contribution in [0, 0.1) is 5.92 Å². The number of hydrogen-bond acceptors (Lipinski definition) is 4. The number of ether oxygens (including phenoxy) is 1. The molecule has 1 aromatic heterocycles. The monoisotopic (exact) mass is 224 g/mol. The molecule has 1 heterocycles. The van der Waals surface area contributed by atoms with Crippen LogP contribution in [-0.4, -0.2) is 34.5 Å². The third-order valence-corrected chi connectivity index (χ3v) is 2.78. The van der Waals surface area contributed by atoms with Crippen LogP contribution in [-0.2, 0) is 18.3 Å². The van der Waals surface area contributed by atoms with Gasteiger partial charge in [0.15, 0.2) is 0 Å². The molecule has 5 heteroatoms. The Hall–Kier alpha value is -0.940. The highest BCUT2D eigenvalue weighted by atomic mass is 16.5. The molecule has 1 aromatic rings. The molecule has 0 atom stereocenters. The Kier molecular flexibility index (Phi) is 4.30. The van der Waals surface area contributed by atoms with Gasteiger partial charge >= 0.3 is 0 Å². The van der Waals surface area contributed by atoms with Crippen molar-refractivity contribution in [3.63, 3.8) is 0 Å². The zero-order valence-corrected chi connectivity index (χ0v) is 9.85. The smallest absolute Gasteiger partial charge is 0.140 e. The van der Waals surface area contributed by atoms with Crippen molar-refractivity contribution < 1.29 is 4.74 Å². The van der Waals surface area contributed by atoms with Gasteiger partial charge in [-0.15, -0.1) is 0 Å². The average molecular weight is 224 g/mol. The summed E-state index contributed by atoms with van der Waals surface area (Å²) < 4.78 is 7.33. The molecule has 0 spiro atoms. The van der Waals surface area contributed by atoms with E-state index in [1.54, 1.807) is 11.0 Å². The van der Waals surface area contributed by atoms with Crippen LogP contribution >= 0.6 is 0 Å². The molecule has 0 radical (unpaired) electrons. The fraction of sp³-hybridized carbons (Fsp3) is 0.818. The van der Waals surface area contributed by atoms with E-state index in [0.717, 1.165) is 44.5 Å². The van der Waals surface area contributed by atoms with Gasteiger partial charge < -0.3 is 10.1 Å². The van der Waals surface area contributed by atoms with Crippen molar-refractivity contribution in [3.05, 3.63) is 12.2 Å². The van der Waals surface area contributed by atoms with Crippen LogP contribution in [0.3, 0.4) is 0 Å². The van der Waals surface area contributed by atoms with E-state index in [2.05, 4.69) is 15.4 Å². The molecule has 0 amide bonds. The molecule has 90 valence electrons. The minimum Gasteiger partial charge on any atom is -0.381 e. The predicted molar refractivity (Wildman–Crippen MR) is 60.9 cm³/mol. The molecule has 0 aliphatic heterocycles. The zero-order valence-electron chi connectivity index (χ0n) is 9.85. The normalized spacial score (nSPS) is 15.6. The molecule has 5 nitrogen and oxygen atoms in total. The average Bonchev–Trinajstić information content (AvgIpc) is 3.01. The Morgan fingerprint density at radius 1 is 1.56 bits per heavy atom. The first kappa shape index (κ1) is 11.5. The van der Waals surface area contributed by atoms with E-state index in [0.29, 0.717) is 0 Å². The van der Waals surface area contributed by atoms with Gasteiger partial charge in [0, 0.05) is 20.3 Å². The number of nitrogens with zero attached hydrogens (tertiary/aromatic N) is 3. The van der Waals surface area contributed by atoms with Crippen LogP contribution in [0.4, 0.5) is 0 Å². The van der Waals surface area contributed by atoms with Crippen LogP contribution in [0.2, 0.25) is 0 Å². The van der Waals surface area contributed by atoms with Crippen LogP contribution in [0.5, 0.6) is 0 Å². The Bertz CT molecular complexity index is 309. The number of aryl methyl sites for hydroxylation is 1. The molecular weight excluding hydrogens is 204 g/mol. The molecule has 2 rings (SSSR count). The summed E-state index contributed by atoms with van der Waals surface area (Å²) in [4.78, 5) is 4.14. The van der Waals surface area contributed by atoms with Gasteiger partial charge in [-0.2, -0.15) is 5.10 Å². The molecule has 0 aromatic carbocycles. The lowest BCUT2D eigenvalue weighted by Gasteiger charge is -2.05. The van der Waals surface area contributed by atoms with Crippen molar-refractivity contribution in [2.75, 3.05) is 19.8 Å². The van der Waals surface area contributed by atoms with E-state index in [4.69, 9.17) is 4.74 Å². The largest absolute Gasteiger partial charge is 0.381 e. The Morgan fingerprint density at radius 2 is 2.44 bits per heavy atom. The molecule has 1 N–H and O–H groups in total. The molecule has 1 saturated carbocycles. The van der Waals surface area contributed by atoms with Crippen molar-refractivity contribution in [3.8, 4) is 0 Å². The number of rotatable bonds is 8. The van der Waals surface area contributed by atoms with Gasteiger partial charge in [-0.1, -0.05) is 0 Å². The third-order valence-electron chi connectivity index (χ3n) is 2.78. The molecule has 1 aliphatic rings. The summed E-state index contributed by atoms with van der Waals surface area (Å²) >= 11 is 0. The maximum Gasteiger partial charge on any atom is 0.140 e. The van der Waals surface area contributed by atoms with Crippen molar-refractivity contribution in [1.29, 1.82) is 0 Å². The third kappa shape index (κ3) is 3.90. The predicted octanol–water partition coefficient (Wildman–Crippen LogP) is 0.721. The lowest BCUT2D eigenvalue weighted by molar-refractivity contribution is 0.122. The van der Waals surface area contributed by atoms with Gasteiger partial charge in [0.1, 0.15) is 12.2 Å². The van der Waals surface area contributed by atoms with Crippen LogP contribution in [0.1, 0.15) is 25.1 Å². The summed E-state index contributed by atoms with van der Waals surface area (Å²) in [6.07, 6.45) is 5.37. The molecule has 16 heavy (non-hydrogen) atoms. The standard InChI is InChI=1S/C11H20N4O/c1-15-11(13-9-14-15)7-12-5-2-6-16-8-10-3-4-10/h9-10,12H,2-8H2,1H3. The molecule has 0 bridgehead atoms. The molecule has 0 unspecified atom stereocenters. The fourth-order valence-corrected chi connectivity index (χ4v) is 1.51. The topological polar surface area (TPSA) is 52.0 Å². The first-order valence-electron chi connectivity index (χ1n) is 5.97. The summed E-state index contributed by atoms with van der Waals surface area (Å²) in [6, 6.07) is 0. The maximum atomic E-state index is 5.55. The van der Waals surface area contributed by atoms with Crippen LogP contribution in [0.15, 0.2) is 6.33 Å². The summed E-state index contributed by atoms with van der Waals surface area (Å²) in [5, 5.41) is 7.34. The Labute approximate surface area is 96.2 Å². The van der Waals surface area contributed by atoms with Gasteiger partial charge in [-0.05, 0) is 31.7 Å². The zero-order chi connectivity index (χ0) is 11.2. The quantitative estimate of drug-likeness (QED) is 0.661. The van der Waals surface area contributed by atoms with Crippen LogP contribution in [0.25, 0.3) is 0 Å². The lowest BCUT2D eigenvalue weighted by atomic mass is 10.4. The summed E-state index contributed by atoms with van der Waals surface area (Å²) in [5.74, 6) is 1.84. The van der Waals surface area contributed by atoms with Gasteiger partial charge in [0.25, 0.3) is 0 Å². The van der Waals surface area contributed by atoms with Gasteiger partial charge in [0.05, 0.1) is 6.54 Å². The molecule has 1 fully saturated rings. The minimum absolute atomic E-state index is 0.777. The van der Waals surface area contributed by atoms with Gasteiger partial charge in [0.2, 0.25) is 0 Å². The summed E-state index contributed by atoms with van der Waals surface area (Å²) in [7, 11) is 1.91. The molecule has 0 saturated heterocycles. The highest BCUT2D eigenvalue weighted by molar-refractivity contribution is 4.81. The fourth-order valence-electron chi connectivity index (χ4n) is 1.51. The highest BCUT2D eigenvalue weighted by Crippen LogP contribution is 2.28. The van der Waals surface area contributed by atoms with Crippen LogP contribution < -0.4 is 5.32 Å². The Morgan fingerprint density at radius 3 is 3.12 bits per heavy atom. The highest BCUT2D eigenvalue weighted by Gasteiger charge is 2.20. The lowest BCUT2D eigenvalue weighted by Crippen LogP contribution is -2.19. The van der Waals surface area contributed by atoms with E-state index in [9.17, 15) is 0 Å². The number of nitrogens with one attached hydrogen (secondary N) is 1. The van der Waals surface area contributed by atoms with Crippen molar-refractivity contribution in [2.24, 2.45) is 13.0 Å². The molecular formula is C11H20N4O. The second-order valence-corrected chi connectivity index (χ2v) is 4.35. The Balaban J connectivity index is 1.44. The first-order valence-corrected chi connectivity index (χ1v) is 5.97. The number of hydrogen-bond donors (Lipinski definition) is 1. The van der Waals surface area contributed by atoms with Gasteiger partial charge in [-0.3, -0.25) is 4.68 Å². The van der Waals surface area contributed by atoms with E-state index >= 15 is 0 Å². The summed E-state index contributed by atoms with van der Waals surface area (Å²) in [6.45, 7) is 3.57. The number of aromatic nitrogens is 3. The van der Waals surface area contributed by atoms with E-state index in [1.807, 2.05) is 7.05 Å².